The van der Waals surface area contributed by atoms with Crippen molar-refractivity contribution in [1.82, 2.24) is 0 Å². The Bertz CT molecular complexity index is 40.0. The summed E-state index contributed by atoms with van der Waals surface area (Å²) in [6, 6.07) is 0. The molecule has 0 heterocycles. The van der Waals surface area contributed by atoms with Crippen LogP contribution >= 0.6 is 30.3 Å². The van der Waals surface area contributed by atoms with Crippen LogP contribution in [0.2, 0.25) is 0 Å². The van der Waals surface area contributed by atoms with Crippen LogP contribution in [0.15, 0.2) is 0 Å². The zero-order valence-corrected chi connectivity index (χ0v) is 8.68. The van der Waals surface area contributed by atoms with Gasteiger partial charge in [-0.25, -0.2) is 0 Å². The van der Waals surface area contributed by atoms with Crippen LogP contribution in [0.5, 0.6) is 0 Å². The van der Waals surface area contributed by atoms with Gasteiger partial charge in [-0.3, -0.25) is 0 Å². The topological polar surface area (TPSA) is 9.23 Å². The number of rotatable bonds is 2. The standard InChI is InChI=1S/C4H10O.3ClH.Fe/c1-3-5-4-2;;;;/h3-4H2,1-2H3;3*1H;/q;;;;+3/p-3. The first kappa shape index (κ1) is 13.0. The molecule has 0 aliphatic rings. The van der Waals surface area contributed by atoms with Crippen molar-refractivity contribution < 1.29 is 15.9 Å². The van der Waals surface area contributed by atoms with Gasteiger partial charge in [-0.15, -0.1) is 0 Å². The summed E-state index contributed by atoms with van der Waals surface area (Å²) in [7, 11) is 14.7. The Hall–Kier alpha value is 1.35. The van der Waals surface area contributed by atoms with E-state index in [1.807, 2.05) is 13.8 Å². The zero-order valence-electron chi connectivity index (χ0n) is 5.31. The van der Waals surface area contributed by atoms with Gasteiger partial charge in [0.15, 0.2) is 0 Å². The minimum absolute atomic E-state index is 0.844. The molecule has 0 N–H and O–H groups in total. The quantitative estimate of drug-likeness (QED) is 0.669. The molecule has 0 unspecified atom stereocenters. The van der Waals surface area contributed by atoms with E-state index in [2.05, 4.69) is 0 Å². The number of halogens is 3. The maximum absolute atomic E-state index is 4.89. The number of ether oxygens (including phenoxy) is 1. The monoisotopic (exact) mass is 235 g/mol. The fourth-order valence-corrected chi connectivity index (χ4v) is 0.204. The van der Waals surface area contributed by atoms with Crippen molar-refractivity contribution >= 4 is 30.3 Å². The van der Waals surface area contributed by atoms with Crippen molar-refractivity contribution in [2.75, 3.05) is 13.2 Å². The first-order valence-electron chi connectivity index (χ1n) is 2.39. The summed E-state index contributed by atoms with van der Waals surface area (Å²) in [6.45, 7) is 5.67. The molecular formula is C4H10Cl3FeO. The Balaban J connectivity index is 0. The van der Waals surface area contributed by atoms with Crippen LogP contribution in [-0.4, -0.2) is 13.2 Å². The fraction of sp³-hybridized carbons (Fsp3) is 1.00. The van der Waals surface area contributed by atoms with Crippen LogP contribution in [0.25, 0.3) is 0 Å². The molecule has 0 amide bonds. The average Bonchev–Trinajstić information content (AvgIpc) is 1.66. The van der Waals surface area contributed by atoms with E-state index in [1.165, 1.54) is 0 Å². The van der Waals surface area contributed by atoms with Crippen LogP contribution in [0.1, 0.15) is 13.8 Å². The summed E-state index contributed by atoms with van der Waals surface area (Å²) < 4.78 is 4.83. The van der Waals surface area contributed by atoms with Gasteiger partial charge in [-0.05, 0) is 13.8 Å². The van der Waals surface area contributed by atoms with Gasteiger partial charge in [0.1, 0.15) is 0 Å². The molecule has 0 spiro atoms. The van der Waals surface area contributed by atoms with E-state index in [0.717, 1.165) is 13.2 Å². The van der Waals surface area contributed by atoms with Crippen LogP contribution in [-0.2, 0) is 15.9 Å². The minimum atomic E-state index is -1.33. The molecule has 9 heavy (non-hydrogen) atoms. The maximum atomic E-state index is 4.89. The molecule has 0 aliphatic heterocycles. The normalized spacial score (nSPS) is 9.67. The molecule has 0 aliphatic carbocycles. The van der Waals surface area contributed by atoms with Crippen molar-refractivity contribution in [2.45, 2.75) is 13.8 Å². The van der Waals surface area contributed by atoms with Crippen molar-refractivity contribution in [1.29, 1.82) is 0 Å². The van der Waals surface area contributed by atoms with Crippen molar-refractivity contribution in [3.8, 4) is 0 Å². The van der Waals surface area contributed by atoms with E-state index in [4.69, 9.17) is 35.0 Å². The summed E-state index contributed by atoms with van der Waals surface area (Å²) in [5.74, 6) is 0. The summed E-state index contributed by atoms with van der Waals surface area (Å²) >= 11 is -1.33. The van der Waals surface area contributed by atoms with Crippen molar-refractivity contribution in [3.63, 3.8) is 0 Å². The second-order valence-corrected chi connectivity index (χ2v) is 6.40. The Kier molecular flexibility index (Phi) is 17.4. The first-order valence-corrected chi connectivity index (χ1v) is 6.95. The first-order chi connectivity index (χ1) is 4.15. The molecule has 0 fully saturated rings. The van der Waals surface area contributed by atoms with E-state index in [-0.39, 0.29) is 0 Å². The van der Waals surface area contributed by atoms with Gasteiger partial charge in [0.25, 0.3) is 0 Å². The SMILES string of the molecule is CCOCC.[Cl][Fe]([Cl])[Cl]. The van der Waals surface area contributed by atoms with Crippen LogP contribution in [0.3, 0.4) is 0 Å². The molecule has 0 bridgehead atoms. The summed E-state index contributed by atoms with van der Waals surface area (Å²) in [5.41, 5.74) is 0. The predicted molar refractivity (Wildman–Crippen MR) is 39.7 cm³/mol. The summed E-state index contributed by atoms with van der Waals surface area (Å²) in [5, 5.41) is 0. The van der Waals surface area contributed by atoms with Gasteiger partial charge in [0, 0.05) is 13.2 Å². The molecule has 0 aromatic heterocycles. The van der Waals surface area contributed by atoms with E-state index in [1.54, 1.807) is 0 Å². The Labute approximate surface area is 73.2 Å². The fourth-order valence-electron chi connectivity index (χ4n) is 0.204. The van der Waals surface area contributed by atoms with Crippen molar-refractivity contribution in [3.05, 3.63) is 0 Å². The van der Waals surface area contributed by atoms with Gasteiger partial charge >= 0.3 is 41.5 Å². The van der Waals surface area contributed by atoms with Gasteiger partial charge < -0.3 is 4.74 Å². The molecule has 0 atom stereocenters. The molecule has 5 heteroatoms. The molecular weight excluding hydrogens is 226 g/mol. The van der Waals surface area contributed by atoms with Crippen LogP contribution in [0, 0.1) is 0 Å². The molecule has 0 saturated heterocycles. The second kappa shape index (κ2) is 12.1. The molecule has 0 radical (unpaired) electrons. The van der Waals surface area contributed by atoms with E-state index in [0.29, 0.717) is 0 Å². The van der Waals surface area contributed by atoms with E-state index >= 15 is 0 Å². The third kappa shape index (κ3) is 45.0. The number of hydrogen-bond donors (Lipinski definition) is 0. The van der Waals surface area contributed by atoms with E-state index < -0.39 is 11.2 Å². The molecule has 1 nitrogen and oxygen atoms in total. The predicted octanol–water partition coefficient (Wildman–Crippen LogP) is 3.11. The van der Waals surface area contributed by atoms with Crippen molar-refractivity contribution in [2.24, 2.45) is 0 Å². The zero-order chi connectivity index (χ0) is 7.70. The summed E-state index contributed by atoms with van der Waals surface area (Å²) in [6.07, 6.45) is 0. The third-order valence-corrected chi connectivity index (χ3v) is 0.408. The molecule has 0 aromatic carbocycles. The Morgan fingerprint density at radius 1 is 1.11 bits per heavy atom. The Morgan fingerprint density at radius 2 is 1.33 bits per heavy atom. The molecule has 0 aromatic rings. The third-order valence-electron chi connectivity index (χ3n) is 0.408. The van der Waals surface area contributed by atoms with Gasteiger partial charge in [-0.2, -0.15) is 0 Å². The average molecular weight is 236 g/mol. The molecule has 0 rings (SSSR count). The van der Waals surface area contributed by atoms with E-state index in [9.17, 15) is 0 Å². The van der Waals surface area contributed by atoms with Gasteiger partial charge in [-0.1, -0.05) is 0 Å². The van der Waals surface area contributed by atoms with Gasteiger partial charge in [0.2, 0.25) is 0 Å². The molecule has 0 saturated carbocycles. The molecule has 61 valence electrons. The number of hydrogen-bond acceptors (Lipinski definition) is 1. The Morgan fingerprint density at radius 3 is 1.33 bits per heavy atom. The summed E-state index contributed by atoms with van der Waals surface area (Å²) in [4.78, 5) is 0. The van der Waals surface area contributed by atoms with Gasteiger partial charge in [0.05, 0.1) is 0 Å². The van der Waals surface area contributed by atoms with Crippen LogP contribution in [0.4, 0.5) is 0 Å². The second-order valence-electron chi connectivity index (χ2n) is 0.933. The van der Waals surface area contributed by atoms with Crippen LogP contribution < -0.4 is 0 Å².